The summed E-state index contributed by atoms with van der Waals surface area (Å²) in [5, 5.41) is 2.73. The molecule has 1 N–H and O–H groups in total. The van der Waals surface area contributed by atoms with Crippen molar-refractivity contribution in [1.82, 2.24) is 13.8 Å². The molecule has 0 spiro atoms. The summed E-state index contributed by atoms with van der Waals surface area (Å²) in [6.07, 6.45) is 1.31. The minimum Gasteiger partial charge on any atom is -0.408 e. The van der Waals surface area contributed by atoms with Gasteiger partial charge in [-0.25, -0.2) is 17.5 Å². The topological polar surface area (TPSA) is 122 Å². The van der Waals surface area contributed by atoms with Crippen molar-refractivity contribution in [2.45, 2.75) is 30.3 Å². The molecule has 5 rings (SSSR count). The number of carbonyl (C=O) groups is 2. The Morgan fingerprint density at radius 2 is 1.91 bits per heavy atom. The molecular weight excluding hydrogens is 448 g/mol. The third-order valence-electron chi connectivity index (χ3n) is 5.79. The normalized spacial score (nSPS) is 17.1. The second kappa shape index (κ2) is 7.56. The van der Waals surface area contributed by atoms with E-state index in [9.17, 15) is 22.8 Å². The van der Waals surface area contributed by atoms with Gasteiger partial charge in [0.1, 0.15) is 4.90 Å². The second-order valence-electron chi connectivity index (χ2n) is 8.51. The maximum absolute atomic E-state index is 12.9. The molecule has 1 aliphatic heterocycles. The molecule has 2 amide bonds. The van der Waals surface area contributed by atoms with Gasteiger partial charge in [-0.2, -0.15) is 0 Å². The van der Waals surface area contributed by atoms with Gasteiger partial charge in [-0.05, 0) is 63.3 Å². The maximum Gasteiger partial charge on any atom is 0.419 e. The van der Waals surface area contributed by atoms with Gasteiger partial charge in [-0.1, -0.05) is 0 Å². The molecule has 2 aliphatic rings. The first-order valence-corrected chi connectivity index (χ1v) is 11.9. The van der Waals surface area contributed by atoms with E-state index in [1.807, 2.05) is 19.0 Å². The Bertz CT molecular complexity index is 1470. The average Bonchev–Trinajstić information content (AvgIpc) is 3.50. The summed E-state index contributed by atoms with van der Waals surface area (Å²) in [5.41, 5.74) is 1.56. The Balaban J connectivity index is 1.43. The number of nitrogens with zero attached hydrogens (tertiary/aromatic N) is 3. The highest BCUT2D eigenvalue weighted by Gasteiger charge is 2.48. The second-order valence-corrected chi connectivity index (χ2v) is 10.3. The minimum atomic E-state index is -3.96. The smallest absolute Gasteiger partial charge is 0.408 e. The van der Waals surface area contributed by atoms with Crippen LogP contribution in [-0.4, -0.2) is 60.7 Å². The average molecular weight is 471 g/mol. The standard InChI is InChI=1S/C22H22N4O6S/c1-24(2)9-10-25-17-12-14(4-8-18(17)32-22(25)29)23-20(27)13-3-7-16-19(11-13)33(30,31)26(21(16)28)15-5-6-15/h3-4,7-8,11-12,15H,5-6,9-10H2,1-2H3,(H,23,27). The zero-order valence-electron chi connectivity index (χ0n) is 18.1. The molecule has 2 heterocycles. The summed E-state index contributed by atoms with van der Waals surface area (Å²) in [6, 6.07) is 8.59. The van der Waals surface area contributed by atoms with Gasteiger partial charge < -0.3 is 14.6 Å². The first kappa shape index (κ1) is 21.4. The third-order valence-corrected chi connectivity index (χ3v) is 7.66. The molecule has 11 heteroatoms. The number of hydrogen-bond donors (Lipinski definition) is 1. The van der Waals surface area contributed by atoms with Crippen LogP contribution in [0.3, 0.4) is 0 Å². The zero-order valence-corrected chi connectivity index (χ0v) is 18.9. The van der Waals surface area contributed by atoms with Crippen LogP contribution >= 0.6 is 0 Å². The van der Waals surface area contributed by atoms with E-state index < -0.39 is 27.6 Å². The van der Waals surface area contributed by atoms with Gasteiger partial charge in [0.05, 0.1) is 11.1 Å². The van der Waals surface area contributed by atoms with E-state index in [1.54, 1.807) is 18.2 Å². The summed E-state index contributed by atoms with van der Waals surface area (Å²) >= 11 is 0. The lowest BCUT2D eigenvalue weighted by atomic mass is 10.1. The summed E-state index contributed by atoms with van der Waals surface area (Å²) in [4.78, 5) is 39.4. The first-order chi connectivity index (χ1) is 15.7. The van der Waals surface area contributed by atoms with Crippen LogP contribution < -0.4 is 11.1 Å². The van der Waals surface area contributed by atoms with Crippen molar-refractivity contribution in [3.63, 3.8) is 0 Å². The van der Waals surface area contributed by atoms with Gasteiger partial charge in [-0.3, -0.25) is 14.2 Å². The highest BCUT2D eigenvalue weighted by Crippen LogP contribution is 2.39. The van der Waals surface area contributed by atoms with Crippen molar-refractivity contribution in [3.05, 3.63) is 58.1 Å². The van der Waals surface area contributed by atoms with Gasteiger partial charge in [0, 0.05) is 30.4 Å². The molecule has 1 aliphatic carbocycles. The number of nitrogens with one attached hydrogen (secondary N) is 1. The number of benzene rings is 2. The highest BCUT2D eigenvalue weighted by atomic mass is 32.2. The van der Waals surface area contributed by atoms with Crippen molar-refractivity contribution < 1.29 is 22.4 Å². The fourth-order valence-corrected chi connectivity index (χ4v) is 5.75. The Morgan fingerprint density at radius 1 is 1.15 bits per heavy atom. The van der Waals surface area contributed by atoms with Gasteiger partial charge in [-0.15, -0.1) is 0 Å². The fourth-order valence-electron chi connectivity index (χ4n) is 3.91. The Kier molecular flexibility index (Phi) is 4.91. The summed E-state index contributed by atoms with van der Waals surface area (Å²) in [6.45, 7) is 1.05. The van der Waals surface area contributed by atoms with Crippen molar-refractivity contribution in [2.75, 3.05) is 26.0 Å². The molecule has 0 unspecified atom stereocenters. The number of rotatable bonds is 6. The molecule has 0 bridgehead atoms. The third kappa shape index (κ3) is 3.62. The largest absolute Gasteiger partial charge is 0.419 e. The molecule has 1 aromatic heterocycles. The fraction of sp³-hybridized carbons (Fsp3) is 0.318. The van der Waals surface area contributed by atoms with Crippen molar-refractivity contribution in [1.29, 1.82) is 0 Å². The van der Waals surface area contributed by atoms with Gasteiger partial charge in [0.15, 0.2) is 5.58 Å². The number of aromatic nitrogens is 1. The number of hydrogen-bond acceptors (Lipinski definition) is 7. The lowest BCUT2D eigenvalue weighted by Crippen LogP contribution is -2.31. The molecule has 172 valence electrons. The van der Waals surface area contributed by atoms with Crippen LogP contribution in [-0.2, 0) is 16.6 Å². The SMILES string of the molecule is CN(C)CCn1c(=O)oc2ccc(NC(=O)c3ccc4c(c3)S(=O)(=O)N(C3CC3)C4=O)cc21. The van der Waals surface area contributed by atoms with E-state index in [-0.39, 0.29) is 22.1 Å². The zero-order chi connectivity index (χ0) is 23.5. The van der Waals surface area contributed by atoms with E-state index in [0.29, 0.717) is 42.7 Å². The van der Waals surface area contributed by atoms with Gasteiger partial charge >= 0.3 is 5.76 Å². The molecule has 1 fully saturated rings. The van der Waals surface area contributed by atoms with Crippen LogP contribution in [0.15, 0.2) is 50.5 Å². The van der Waals surface area contributed by atoms with Crippen molar-refractivity contribution in [3.8, 4) is 0 Å². The molecule has 0 radical (unpaired) electrons. The van der Waals surface area contributed by atoms with E-state index in [1.165, 1.54) is 22.8 Å². The molecule has 0 saturated heterocycles. The molecule has 10 nitrogen and oxygen atoms in total. The first-order valence-electron chi connectivity index (χ1n) is 10.5. The maximum atomic E-state index is 12.9. The number of sulfonamides is 1. The van der Waals surface area contributed by atoms with Crippen LogP contribution in [0.4, 0.5) is 5.69 Å². The van der Waals surface area contributed by atoms with Crippen LogP contribution in [0.1, 0.15) is 33.6 Å². The molecule has 33 heavy (non-hydrogen) atoms. The molecule has 3 aromatic rings. The van der Waals surface area contributed by atoms with Crippen LogP contribution in [0.5, 0.6) is 0 Å². The van der Waals surface area contributed by atoms with Crippen LogP contribution in [0.2, 0.25) is 0 Å². The van der Waals surface area contributed by atoms with Crippen molar-refractivity contribution in [2.24, 2.45) is 0 Å². The number of amides is 2. The van der Waals surface area contributed by atoms with Crippen LogP contribution in [0.25, 0.3) is 11.1 Å². The molecule has 1 saturated carbocycles. The number of fused-ring (bicyclic) bond motifs is 2. The lowest BCUT2D eigenvalue weighted by Gasteiger charge is -2.13. The van der Waals surface area contributed by atoms with Crippen molar-refractivity contribution >= 4 is 38.6 Å². The van der Waals surface area contributed by atoms with E-state index in [0.717, 1.165) is 4.31 Å². The van der Waals surface area contributed by atoms with E-state index >= 15 is 0 Å². The van der Waals surface area contributed by atoms with E-state index in [4.69, 9.17) is 4.42 Å². The summed E-state index contributed by atoms with van der Waals surface area (Å²) in [7, 11) is -0.165. The minimum absolute atomic E-state index is 0.0863. The van der Waals surface area contributed by atoms with Gasteiger partial charge in [0.2, 0.25) is 0 Å². The predicted molar refractivity (Wildman–Crippen MR) is 120 cm³/mol. The number of carbonyl (C=O) groups excluding carboxylic acids is 2. The van der Waals surface area contributed by atoms with Gasteiger partial charge in [0.25, 0.3) is 21.8 Å². The summed E-state index contributed by atoms with van der Waals surface area (Å²) in [5.74, 6) is -1.56. The highest BCUT2D eigenvalue weighted by molar-refractivity contribution is 7.90. The van der Waals surface area contributed by atoms with Crippen LogP contribution in [0, 0.1) is 0 Å². The number of likely N-dealkylation sites (N-methyl/N-ethyl adjacent to an activating group) is 1. The number of anilines is 1. The molecule has 2 aromatic carbocycles. The lowest BCUT2D eigenvalue weighted by molar-refractivity contribution is 0.0864. The Hall–Kier alpha value is -3.44. The molecule has 0 atom stereocenters. The monoisotopic (exact) mass is 470 g/mol. The predicted octanol–water partition coefficient (Wildman–Crippen LogP) is 1.72. The molecular formula is C22H22N4O6S. The Labute approximate surface area is 189 Å². The summed E-state index contributed by atoms with van der Waals surface area (Å²) < 4.78 is 33.4. The Morgan fingerprint density at radius 3 is 2.61 bits per heavy atom. The quantitative estimate of drug-likeness (QED) is 0.582. The van der Waals surface area contributed by atoms with E-state index in [2.05, 4.69) is 5.32 Å². The number of oxazole rings is 1.